The summed E-state index contributed by atoms with van der Waals surface area (Å²) in [5.74, 6) is 0.558. The molecule has 0 saturated heterocycles. The van der Waals surface area contributed by atoms with Crippen LogP contribution in [0.15, 0.2) is 12.1 Å². The summed E-state index contributed by atoms with van der Waals surface area (Å²) in [5.41, 5.74) is 13.1. The first-order chi connectivity index (χ1) is 8.58. The molecule has 1 aliphatic heterocycles. The number of anilines is 1. The maximum absolute atomic E-state index is 11.3. The molecule has 18 heavy (non-hydrogen) atoms. The Balaban J connectivity index is 2.37. The Hall–Kier alpha value is -2.24. The lowest BCUT2D eigenvalue weighted by Crippen LogP contribution is -2.11. The van der Waals surface area contributed by atoms with Gasteiger partial charge in [-0.05, 0) is 19.1 Å². The molecule has 94 valence electrons. The molecule has 1 aromatic carbocycles. The van der Waals surface area contributed by atoms with E-state index < -0.39 is 5.91 Å². The maximum Gasteiger partial charge on any atom is 0.248 e. The molecule has 0 fully saturated rings. The van der Waals surface area contributed by atoms with Crippen molar-refractivity contribution in [3.8, 4) is 5.75 Å². The Labute approximate surface area is 104 Å². The van der Waals surface area contributed by atoms with Crippen molar-refractivity contribution in [1.29, 1.82) is 0 Å². The fourth-order valence-electron chi connectivity index (χ4n) is 2.38. The standard InChI is InChI=1S/C12H14N4O2/c1-6-2-3-18-9-5-7(11(13)17)4-8-10(9)16(6)12(14)15-8/h4-6H,2-3H2,1H3,(H2,13,17)(H2,14,15)/t6-/m0/s1. The summed E-state index contributed by atoms with van der Waals surface area (Å²) in [6, 6.07) is 3.52. The predicted octanol–water partition coefficient (Wildman–Crippen LogP) is 1.06. The Morgan fingerprint density at radius 1 is 1.56 bits per heavy atom. The lowest BCUT2D eigenvalue weighted by Gasteiger charge is -2.11. The second-order valence-electron chi connectivity index (χ2n) is 4.53. The molecule has 1 atom stereocenters. The minimum absolute atomic E-state index is 0.218. The van der Waals surface area contributed by atoms with Crippen LogP contribution in [0.4, 0.5) is 5.95 Å². The van der Waals surface area contributed by atoms with Gasteiger partial charge in [-0.2, -0.15) is 0 Å². The van der Waals surface area contributed by atoms with E-state index in [0.717, 1.165) is 11.9 Å². The third-order valence-corrected chi connectivity index (χ3v) is 3.30. The van der Waals surface area contributed by atoms with E-state index in [4.69, 9.17) is 16.2 Å². The van der Waals surface area contributed by atoms with Gasteiger partial charge in [0.2, 0.25) is 11.9 Å². The van der Waals surface area contributed by atoms with Gasteiger partial charge in [-0.15, -0.1) is 0 Å². The zero-order valence-electron chi connectivity index (χ0n) is 10.0. The molecular weight excluding hydrogens is 232 g/mol. The van der Waals surface area contributed by atoms with E-state index in [9.17, 15) is 4.79 Å². The zero-order valence-corrected chi connectivity index (χ0v) is 10.0. The summed E-state index contributed by atoms with van der Waals surface area (Å²) >= 11 is 0. The minimum Gasteiger partial charge on any atom is -0.491 e. The highest BCUT2D eigenvalue weighted by atomic mass is 16.5. The van der Waals surface area contributed by atoms with Gasteiger partial charge in [-0.25, -0.2) is 4.98 Å². The van der Waals surface area contributed by atoms with Crippen molar-refractivity contribution in [3.05, 3.63) is 17.7 Å². The lowest BCUT2D eigenvalue weighted by molar-refractivity contribution is 0.1000. The summed E-state index contributed by atoms with van der Waals surface area (Å²) in [6.45, 7) is 2.65. The van der Waals surface area contributed by atoms with Gasteiger partial charge in [-0.3, -0.25) is 4.79 Å². The highest BCUT2D eigenvalue weighted by molar-refractivity contribution is 5.98. The fraction of sp³-hybridized carbons (Fsp3) is 0.333. The molecule has 0 unspecified atom stereocenters. The summed E-state index contributed by atoms with van der Waals surface area (Å²) in [6.07, 6.45) is 0.843. The van der Waals surface area contributed by atoms with Crippen molar-refractivity contribution >= 4 is 22.9 Å². The van der Waals surface area contributed by atoms with Crippen LogP contribution in [-0.2, 0) is 0 Å². The molecule has 2 heterocycles. The van der Waals surface area contributed by atoms with Gasteiger partial charge in [0.1, 0.15) is 11.3 Å². The van der Waals surface area contributed by atoms with Gasteiger partial charge in [0.15, 0.2) is 0 Å². The van der Waals surface area contributed by atoms with Crippen LogP contribution in [0, 0.1) is 0 Å². The molecule has 1 aromatic heterocycles. The molecule has 0 saturated carbocycles. The molecule has 4 N–H and O–H groups in total. The van der Waals surface area contributed by atoms with Crippen molar-refractivity contribution in [2.45, 2.75) is 19.4 Å². The number of ether oxygens (including phenoxy) is 1. The smallest absolute Gasteiger partial charge is 0.248 e. The van der Waals surface area contributed by atoms with Crippen LogP contribution in [-0.4, -0.2) is 22.1 Å². The van der Waals surface area contributed by atoms with Crippen LogP contribution in [0.2, 0.25) is 0 Å². The number of rotatable bonds is 1. The Morgan fingerprint density at radius 3 is 3.06 bits per heavy atom. The van der Waals surface area contributed by atoms with E-state index in [-0.39, 0.29) is 6.04 Å². The van der Waals surface area contributed by atoms with Crippen molar-refractivity contribution in [1.82, 2.24) is 9.55 Å². The van der Waals surface area contributed by atoms with Crippen molar-refractivity contribution in [3.63, 3.8) is 0 Å². The number of carbonyl (C=O) groups is 1. The van der Waals surface area contributed by atoms with Gasteiger partial charge in [0, 0.05) is 18.0 Å². The molecule has 2 aromatic rings. The van der Waals surface area contributed by atoms with Crippen LogP contribution < -0.4 is 16.2 Å². The molecule has 6 heteroatoms. The average molecular weight is 246 g/mol. The molecule has 1 amide bonds. The normalized spacial score (nSPS) is 18.4. The summed E-state index contributed by atoms with van der Waals surface area (Å²) < 4.78 is 7.62. The Bertz CT molecular complexity index is 647. The lowest BCUT2D eigenvalue weighted by atomic mass is 10.1. The number of imidazole rings is 1. The second-order valence-corrected chi connectivity index (χ2v) is 4.53. The van der Waals surface area contributed by atoms with E-state index in [1.165, 1.54) is 0 Å². The number of hydrogen-bond donors (Lipinski definition) is 2. The van der Waals surface area contributed by atoms with E-state index >= 15 is 0 Å². The molecule has 1 aliphatic rings. The van der Waals surface area contributed by atoms with Gasteiger partial charge >= 0.3 is 0 Å². The molecular formula is C12H14N4O2. The number of hydrogen-bond acceptors (Lipinski definition) is 4. The molecule has 0 bridgehead atoms. The second kappa shape index (κ2) is 3.63. The molecule has 0 aliphatic carbocycles. The monoisotopic (exact) mass is 246 g/mol. The number of nitrogens with zero attached hydrogens (tertiary/aromatic N) is 2. The highest BCUT2D eigenvalue weighted by Gasteiger charge is 2.22. The van der Waals surface area contributed by atoms with Gasteiger partial charge in [0.25, 0.3) is 0 Å². The number of nitrogen functional groups attached to an aromatic ring is 1. The first kappa shape index (κ1) is 10.9. The summed E-state index contributed by atoms with van der Waals surface area (Å²) in [5, 5.41) is 0. The molecule has 0 radical (unpaired) electrons. The first-order valence-corrected chi connectivity index (χ1v) is 5.82. The number of benzene rings is 1. The largest absolute Gasteiger partial charge is 0.491 e. The van der Waals surface area contributed by atoms with E-state index in [1.807, 2.05) is 4.57 Å². The Kier molecular flexibility index (Phi) is 2.19. The first-order valence-electron chi connectivity index (χ1n) is 5.82. The van der Waals surface area contributed by atoms with E-state index in [0.29, 0.717) is 29.4 Å². The number of nitrogens with two attached hydrogens (primary N) is 2. The van der Waals surface area contributed by atoms with E-state index in [1.54, 1.807) is 12.1 Å². The quantitative estimate of drug-likeness (QED) is 0.786. The summed E-state index contributed by atoms with van der Waals surface area (Å²) in [7, 11) is 0. The topological polar surface area (TPSA) is 96.2 Å². The SMILES string of the molecule is C[C@H]1CCOc2cc(C(N)=O)cc3nc(N)n1c23. The van der Waals surface area contributed by atoms with Gasteiger partial charge in [-0.1, -0.05) is 0 Å². The van der Waals surface area contributed by atoms with E-state index in [2.05, 4.69) is 11.9 Å². The number of aromatic nitrogens is 2. The highest BCUT2D eigenvalue weighted by Crippen LogP contribution is 2.35. The van der Waals surface area contributed by atoms with Crippen LogP contribution in [0.5, 0.6) is 5.75 Å². The van der Waals surface area contributed by atoms with Crippen LogP contribution in [0.25, 0.3) is 11.0 Å². The number of carbonyl (C=O) groups excluding carboxylic acids is 1. The molecule has 0 spiro atoms. The van der Waals surface area contributed by atoms with Crippen molar-refractivity contribution in [2.24, 2.45) is 5.73 Å². The van der Waals surface area contributed by atoms with Gasteiger partial charge < -0.3 is 20.8 Å². The maximum atomic E-state index is 11.3. The summed E-state index contributed by atoms with van der Waals surface area (Å²) in [4.78, 5) is 15.5. The van der Waals surface area contributed by atoms with Crippen LogP contribution >= 0.6 is 0 Å². The third kappa shape index (κ3) is 1.42. The average Bonchev–Trinajstić information content (AvgIpc) is 2.53. The van der Waals surface area contributed by atoms with Crippen LogP contribution in [0.1, 0.15) is 29.7 Å². The van der Waals surface area contributed by atoms with Crippen molar-refractivity contribution < 1.29 is 9.53 Å². The van der Waals surface area contributed by atoms with Crippen molar-refractivity contribution in [2.75, 3.05) is 12.3 Å². The van der Waals surface area contributed by atoms with Gasteiger partial charge in [0.05, 0.1) is 12.1 Å². The molecule has 6 nitrogen and oxygen atoms in total. The molecule has 3 rings (SSSR count). The third-order valence-electron chi connectivity index (χ3n) is 3.30. The Morgan fingerprint density at radius 2 is 2.33 bits per heavy atom. The number of primary amides is 1. The van der Waals surface area contributed by atoms with Crippen LogP contribution in [0.3, 0.4) is 0 Å². The minimum atomic E-state index is -0.498. The fourth-order valence-corrected chi connectivity index (χ4v) is 2.38. The zero-order chi connectivity index (χ0) is 12.9. The number of amides is 1. The predicted molar refractivity (Wildman–Crippen MR) is 67.5 cm³/mol.